The molecule has 0 aromatic heterocycles. The molecule has 4 nitrogen and oxygen atoms in total. The van der Waals surface area contributed by atoms with Crippen LogP contribution >= 0.6 is 0 Å². The summed E-state index contributed by atoms with van der Waals surface area (Å²) in [5.74, 6) is 0.492. The highest BCUT2D eigenvalue weighted by Gasteiger charge is 2.19. The van der Waals surface area contributed by atoms with Crippen molar-refractivity contribution >= 4 is 28.7 Å². The lowest BCUT2D eigenvalue weighted by atomic mass is 10.0. The van der Waals surface area contributed by atoms with Gasteiger partial charge in [-0.2, -0.15) is 0 Å². The first-order valence-corrected chi connectivity index (χ1v) is 7.12. The molecule has 3 rings (SSSR count). The maximum atomic E-state index is 11.4. The molecule has 0 spiro atoms. The van der Waals surface area contributed by atoms with Gasteiger partial charge in [-0.15, -0.1) is 0 Å². The van der Waals surface area contributed by atoms with Crippen LogP contribution in [0.25, 0.3) is 0 Å². The van der Waals surface area contributed by atoms with Gasteiger partial charge in [0.05, 0.1) is 17.8 Å². The predicted molar refractivity (Wildman–Crippen MR) is 87.0 cm³/mol. The number of hydrogen-bond acceptors (Lipinski definition) is 3. The first kappa shape index (κ1) is 13.5. The quantitative estimate of drug-likeness (QED) is 0.753. The summed E-state index contributed by atoms with van der Waals surface area (Å²) in [5.41, 5.74) is 11.6. The van der Waals surface area contributed by atoms with Crippen LogP contribution in [0.4, 0.5) is 22.7 Å². The zero-order valence-electron chi connectivity index (χ0n) is 12.2. The highest BCUT2D eigenvalue weighted by Crippen LogP contribution is 2.33. The summed E-state index contributed by atoms with van der Waals surface area (Å²) in [4.78, 5) is 11.4. The average molecular weight is 281 g/mol. The van der Waals surface area contributed by atoms with E-state index >= 15 is 0 Å². The van der Waals surface area contributed by atoms with Crippen molar-refractivity contribution in [3.63, 3.8) is 0 Å². The first-order valence-electron chi connectivity index (χ1n) is 7.12. The third-order valence-electron chi connectivity index (χ3n) is 3.73. The molecule has 1 heterocycles. The Labute approximate surface area is 124 Å². The molecule has 108 valence electrons. The maximum absolute atomic E-state index is 11.4. The minimum absolute atomic E-state index is 0.0170. The van der Waals surface area contributed by atoms with Gasteiger partial charge >= 0.3 is 0 Å². The van der Waals surface area contributed by atoms with E-state index in [1.807, 2.05) is 24.3 Å². The summed E-state index contributed by atoms with van der Waals surface area (Å²) in [5, 5.41) is 6.18. The topological polar surface area (TPSA) is 67.1 Å². The van der Waals surface area contributed by atoms with Crippen LogP contribution in [-0.4, -0.2) is 5.91 Å². The third-order valence-corrected chi connectivity index (χ3v) is 3.73. The summed E-state index contributed by atoms with van der Waals surface area (Å²) in [6.07, 6.45) is 0.405. The molecule has 0 saturated heterocycles. The molecular formula is C17H19N3O. The first-order chi connectivity index (χ1) is 10.0. The second-order valence-electron chi connectivity index (χ2n) is 5.73. The van der Waals surface area contributed by atoms with Gasteiger partial charge in [0.25, 0.3) is 0 Å². The smallest absolute Gasteiger partial charge is 0.228 e. The summed E-state index contributed by atoms with van der Waals surface area (Å²) in [6.45, 7) is 4.33. The van der Waals surface area contributed by atoms with E-state index in [4.69, 9.17) is 5.73 Å². The number of nitrogen functional groups attached to an aromatic ring is 1. The summed E-state index contributed by atoms with van der Waals surface area (Å²) in [7, 11) is 0. The van der Waals surface area contributed by atoms with Gasteiger partial charge < -0.3 is 16.4 Å². The summed E-state index contributed by atoms with van der Waals surface area (Å²) >= 11 is 0. The van der Waals surface area contributed by atoms with E-state index in [1.54, 1.807) is 0 Å². The molecule has 0 saturated carbocycles. The van der Waals surface area contributed by atoms with E-state index in [0.717, 1.165) is 22.6 Å². The Kier molecular flexibility index (Phi) is 3.29. The minimum Gasteiger partial charge on any atom is -0.397 e. The monoisotopic (exact) mass is 281 g/mol. The zero-order valence-corrected chi connectivity index (χ0v) is 12.2. The van der Waals surface area contributed by atoms with Gasteiger partial charge in [0.2, 0.25) is 5.91 Å². The number of anilines is 4. The Morgan fingerprint density at radius 1 is 1.24 bits per heavy atom. The number of amides is 1. The van der Waals surface area contributed by atoms with Crippen molar-refractivity contribution in [2.24, 2.45) is 0 Å². The molecule has 0 atom stereocenters. The van der Waals surface area contributed by atoms with Gasteiger partial charge in [-0.05, 0) is 41.3 Å². The fourth-order valence-electron chi connectivity index (χ4n) is 2.53. The van der Waals surface area contributed by atoms with Crippen LogP contribution < -0.4 is 16.4 Å². The fraction of sp³-hybridized carbons (Fsp3) is 0.235. The van der Waals surface area contributed by atoms with E-state index in [1.165, 1.54) is 5.56 Å². The van der Waals surface area contributed by atoms with Gasteiger partial charge in [0, 0.05) is 11.4 Å². The van der Waals surface area contributed by atoms with Gasteiger partial charge in [-0.3, -0.25) is 4.79 Å². The average Bonchev–Trinajstić information content (AvgIpc) is 2.78. The van der Waals surface area contributed by atoms with Crippen molar-refractivity contribution in [1.82, 2.24) is 0 Å². The second kappa shape index (κ2) is 5.13. The van der Waals surface area contributed by atoms with E-state index in [9.17, 15) is 4.79 Å². The predicted octanol–water partition coefficient (Wildman–Crippen LogP) is 3.63. The molecule has 4 N–H and O–H groups in total. The third kappa shape index (κ3) is 2.70. The van der Waals surface area contributed by atoms with Crippen LogP contribution in [0.3, 0.4) is 0 Å². The van der Waals surface area contributed by atoms with Gasteiger partial charge in [-0.1, -0.05) is 26.0 Å². The van der Waals surface area contributed by atoms with Crippen molar-refractivity contribution in [3.8, 4) is 0 Å². The molecule has 0 bridgehead atoms. The lowest BCUT2D eigenvalue weighted by Crippen LogP contribution is -2.03. The van der Waals surface area contributed by atoms with Crippen molar-refractivity contribution in [3.05, 3.63) is 47.5 Å². The number of nitrogens with two attached hydrogens (primary N) is 1. The Hall–Kier alpha value is -2.49. The maximum Gasteiger partial charge on any atom is 0.228 e. The standard InChI is InChI=1S/C17H19N3O/c1-10(2)11-4-3-5-13(6-11)19-16-9-15-12(7-14(16)18)8-17(21)20-15/h3-7,9-10,19H,8,18H2,1-2H3,(H,20,21). The number of benzene rings is 2. The van der Waals surface area contributed by atoms with Crippen LogP contribution in [-0.2, 0) is 11.2 Å². The number of rotatable bonds is 3. The zero-order chi connectivity index (χ0) is 15.0. The normalized spacial score (nSPS) is 13.2. The molecule has 2 aromatic rings. The SMILES string of the molecule is CC(C)c1cccc(Nc2cc3c(cc2N)CC(=O)N3)c1. The molecule has 1 amide bonds. The summed E-state index contributed by atoms with van der Waals surface area (Å²) < 4.78 is 0. The van der Waals surface area contributed by atoms with E-state index in [0.29, 0.717) is 18.0 Å². The van der Waals surface area contributed by atoms with Gasteiger partial charge in [0.15, 0.2) is 0 Å². The molecule has 1 aliphatic rings. The van der Waals surface area contributed by atoms with Crippen LogP contribution in [0.15, 0.2) is 36.4 Å². The molecule has 21 heavy (non-hydrogen) atoms. The van der Waals surface area contributed by atoms with Crippen LogP contribution in [0.2, 0.25) is 0 Å². The van der Waals surface area contributed by atoms with Crippen molar-refractivity contribution < 1.29 is 4.79 Å². The van der Waals surface area contributed by atoms with Gasteiger partial charge in [-0.25, -0.2) is 0 Å². The number of fused-ring (bicyclic) bond motifs is 1. The highest BCUT2D eigenvalue weighted by atomic mass is 16.1. The number of hydrogen-bond donors (Lipinski definition) is 3. The summed E-state index contributed by atoms with van der Waals surface area (Å²) in [6, 6.07) is 12.0. The van der Waals surface area contributed by atoms with Crippen molar-refractivity contribution in [2.45, 2.75) is 26.2 Å². The molecule has 0 aliphatic carbocycles. The van der Waals surface area contributed by atoms with Crippen molar-refractivity contribution in [1.29, 1.82) is 0 Å². The molecule has 0 fully saturated rings. The van der Waals surface area contributed by atoms with Crippen LogP contribution in [0.1, 0.15) is 30.9 Å². The lowest BCUT2D eigenvalue weighted by Gasteiger charge is -2.13. The number of carbonyl (C=O) groups is 1. The fourth-order valence-corrected chi connectivity index (χ4v) is 2.53. The Morgan fingerprint density at radius 2 is 2.05 bits per heavy atom. The second-order valence-corrected chi connectivity index (χ2v) is 5.73. The Bertz CT molecular complexity index is 707. The molecule has 1 aliphatic heterocycles. The molecule has 4 heteroatoms. The Morgan fingerprint density at radius 3 is 2.81 bits per heavy atom. The van der Waals surface area contributed by atoms with E-state index < -0.39 is 0 Å². The Balaban J connectivity index is 1.90. The minimum atomic E-state index is 0.0170. The number of nitrogens with one attached hydrogen (secondary N) is 2. The van der Waals surface area contributed by atoms with Crippen LogP contribution in [0.5, 0.6) is 0 Å². The van der Waals surface area contributed by atoms with E-state index in [2.05, 4.69) is 36.6 Å². The van der Waals surface area contributed by atoms with Crippen LogP contribution in [0, 0.1) is 0 Å². The van der Waals surface area contributed by atoms with Crippen molar-refractivity contribution in [2.75, 3.05) is 16.4 Å². The molecule has 2 aromatic carbocycles. The highest BCUT2D eigenvalue weighted by molar-refractivity contribution is 6.01. The number of carbonyl (C=O) groups excluding carboxylic acids is 1. The van der Waals surface area contributed by atoms with Gasteiger partial charge in [0.1, 0.15) is 0 Å². The molecular weight excluding hydrogens is 262 g/mol. The lowest BCUT2D eigenvalue weighted by molar-refractivity contribution is -0.115. The van der Waals surface area contributed by atoms with E-state index in [-0.39, 0.29) is 5.91 Å². The molecule has 0 unspecified atom stereocenters. The largest absolute Gasteiger partial charge is 0.397 e. The molecule has 0 radical (unpaired) electrons.